The normalized spacial score (nSPS) is 11.1. The molecule has 0 fully saturated rings. The highest BCUT2D eigenvalue weighted by Gasteiger charge is 2.13. The summed E-state index contributed by atoms with van der Waals surface area (Å²) in [5.74, 6) is 0.0653. The number of aromatic nitrogens is 3. The van der Waals surface area contributed by atoms with Crippen LogP contribution >= 0.6 is 0 Å². The van der Waals surface area contributed by atoms with Gasteiger partial charge in [-0.1, -0.05) is 18.2 Å². The first-order valence-corrected chi connectivity index (χ1v) is 9.35. The van der Waals surface area contributed by atoms with Crippen molar-refractivity contribution < 1.29 is 14.6 Å². The molecule has 0 aliphatic carbocycles. The Bertz CT molecular complexity index is 1240. The van der Waals surface area contributed by atoms with Gasteiger partial charge in [0, 0.05) is 11.6 Å². The van der Waals surface area contributed by atoms with E-state index >= 15 is 0 Å². The number of esters is 1. The van der Waals surface area contributed by atoms with Crippen molar-refractivity contribution in [3.63, 3.8) is 0 Å². The molecule has 0 radical (unpaired) electrons. The molecule has 0 saturated carbocycles. The monoisotopic (exact) mass is 397 g/mol. The molecule has 30 heavy (non-hydrogen) atoms. The van der Waals surface area contributed by atoms with Gasteiger partial charge in [-0.15, -0.1) is 0 Å². The van der Waals surface area contributed by atoms with E-state index in [1.54, 1.807) is 18.3 Å². The quantitative estimate of drug-likeness (QED) is 0.396. The molecule has 6 heteroatoms. The van der Waals surface area contributed by atoms with Gasteiger partial charge < -0.3 is 9.84 Å². The van der Waals surface area contributed by atoms with Crippen LogP contribution < -0.4 is 4.74 Å². The lowest BCUT2D eigenvalue weighted by molar-refractivity contribution is 0.0733. The van der Waals surface area contributed by atoms with E-state index in [0.29, 0.717) is 16.8 Å². The molecule has 0 saturated heterocycles. The van der Waals surface area contributed by atoms with E-state index in [0.717, 1.165) is 27.6 Å². The van der Waals surface area contributed by atoms with Crippen molar-refractivity contribution in [2.75, 3.05) is 0 Å². The van der Waals surface area contributed by atoms with Crippen LogP contribution in [-0.4, -0.2) is 26.0 Å². The van der Waals surface area contributed by atoms with E-state index in [9.17, 15) is 9.90 Å². The second-order valence-corrected chi connectivity index (χ2v) is 6.94. The molecule has 0 aliphatic heterocycles. The molecular formula is C24H19N3O3. The summed E-state index contributed by atoms with van der Waals surface area (Å²) in [6.45, 7) is 3.73. The van der Waals surface area contributed by atoms with E-state index in [4.69, 9.17) is 4.74 Å². The van der Waals surface area contributed by atoms with Gasteiger partial charge in [0.25, 0.3) is 0 Å². The van der Waals surface area contributed by atoms with E-state index in [-0.39, 0.29) is 5.75 Å². The number of rotatable bonds is 4. The van der Waals surface area contributed by atoms with E-state index < -0.39 is 5.97 Å². The molecule has 0 unspecified atom stereocenters. The molecule has 0 atom stereocenters. The van der Waals surface area contributed by atoms with E-state index in [1.807, 2.05) is 50.3 Å². The molecule has 0 bridgehead atoms. The zero-order valence-electron chi connectivity index (χ0n) is 16.5. The first kappa shape index (κ1) is 19.3. The third-order valence-electron chi connectivity index (χ3n) is 4.70. The van der Waals surface area contributed by atoms with Crippen LogP contribution in [0.4, 0.5) is 0 Å². The molecule has 4 aromatic rings. The molecule has 0 aliphatic rings. The molecule has 0 spiro atoms. The van der Waals surface area contributed by atoms with Crippen molar-refractivity contribution in [1.82, 2.24) is 15.0 Å². The number of aryl methyl sites for hydroxylation is 2. The van der Waals surface area contributed by atoms with E-state index in [1.165, 1.54) is 18.7 Å². The highest BCUT2D eigenvalue weighted by Crippen LogP contribution is 2.26. The Morgan fingerprint density at radius 3 is 2.50 bits per heavy atom. The van der Waals surface area contributed by atoms with Crippen LogP contribution in [0.2, 0.25) is 0 Å². The average Bonchev–Trinajstić information content (AvgIpc) is 2.76. The number of pyridine rings is 1. The van der Waals surface area contributed by atoms with Crippen molar-refractivity contribution in [3.8, 4) is 11.5 Å². The summed E-state index contributed by atoms with van der Waals surface area (Å²) in [6, 6.07) is 11.1. The van der Waals surface area contributed by atoms with E-state index in [2.05, 4.69) is 15.0 Å². The van der Waals surface area contributed by atoms with Crippen molar-refractivity contribution in [2.45, 2.75) is 13.8 Å². The Balaban J connectivity index is 1.73. The molecule has 1 N–H and O–H groups in total. The van der Waals surface area contributed by atoms with Gasteiger partial charge in [0.2, 0.25) is 0 Å². The topological polar surface area (TPSA) is 85.2 Å². The number of nitrogens with zero attached hydrogens (tertiary/aromatic N) is 3. The van der Waals surface area contributed by atoms with Crippen LogP contribution in [0.3, 0.4) is 0 Å². The number of hydrogen-bond donors (Lipinski definition) is 1. The van der Waals surface area contributed by atoms with Crippen LogP contribution in [0.1, 0.15) is 32.6 Å². The van der Waals surface area contributed by atoms with Gasteiger partial charge in [-0.05, 0) is 66.4 Å². The number of fused-ring (bicyclic) bond motifs is 1. The van der Waals surface area contributed by atoms with Crippen LogP contribution in [0.5, 0.6) is 11.5 Å². The number of carbonyl (C=O) groups is 1. The number of aromatic hydroxyl groups is 1. The lowest BCUT2D eigenvalue weighted by atomic mass is 10.0. The number of ether oxygens (including phenoxy) is 1. The Morgan fingerprint density at radius 1 is 1.03 bits per heavy atom. The summed E-state index contributed by atoms with van der Waals surface area (Å²) < 4.78 is 5.37. The van der Waals surface area contributed by atoms with Gasteiger partial charge in [-0.2, -0.15) is 0 Å². The zero-order valence-corrected chi connectivity index (χ0v) is 16.5. The fourth-order valence-corrected chi connectivity index (χ4v) is 3.24. The lowest BCUT2D eigenvalue weighted by Gasteiger charge is -2.08. The predicted molar refractivity (Wildman–Crippen MR) is 115 cm³/mol. The fraction of sp³-hybridized carbons (Fsp3) is 0.0833. The van der Waals surface area contributed by atoms with Crippen molar-refractivity contribution in [1.29, 1.82) is 0 Å². The predicted octanol–water partition coefficient (Wildman–Crippen LogP) is 4.74. The van der Waals surface area contributed by atoms with Crippen LogP contribution in [0.25, 0.3) is 23.1 Å². The number of phenols is 1. The van der Waals surface area contributed by atoms with Gasteiger partial charge in [-0.25, -0.2) is 14.8 Å². The molecule has 2 aromatic heterocycles. The molecule has 6 nitrogen and oxygen atoms in total. The summed E-state index contributed by atoms with van der Waals surface area (Å²) in [7, 11) is 0. The maximum atomic E-state index is 12.7. The maximum absolute atomic E-state index is 12.7. The minimum atomic E-state index is -0.511. The standard InChI is InChI=1S/C24H19N3O3/c1-15-8-17(9-16(2)23(15)28)5-6-18-10-19(11-22-21(18)4-3-7-27-22)24(29)30-20-12-25-14-26-13-20/h3-14,28H,1-2H3. The number of benzene rings is 2. The van der Waals surface area contributed by atoms with Crippen LogP contribution in [0.15, 0.2) is 61.3 Å². The Labute approximate surface area is 173 Å². The lowest BCUT2D eigenvalue weighted by Crippen LogP contribution is -2.09. The summed E-state index contributed by atoms with van der Waals surface area (Å²) in [5.41, 5.74) is 4.47. The van der Waals surface area contributed by atoms with Gasteiger partial charge in [-0.3, -0.25) is 4.98 Å². The van der Waals surface area contributed by atoms with Gasteiger partial charge in [0.05, 0.1) is 23.5 Å². The average molecular weight is 397 g/mol. The second-order valence-electron chi connectivity index (χ2n) is 6.94. The van der Waals surface area contributed by atoms with Gasteiger partial charge in [0.15, 0.2) is 5.75 Å². The summed E-state index contributed by atoms with van der Waals surface area (Å²) in [6.07, 6.45) is 9.79. The highest BCUT2D eigenvalue weighted by molar-refractivity contribution is 5.99. The first-order chi connectivity index (χ1) is 14.5. The third-order valence-corrected chi connectivity index (χ3v) is 4.70. The summed E-state index contributed by atoms with van der Waals surface area (Å²) >= 11 is 0. The number of phenolic OH excluding ortho intramolecular Hbond substituents is 1. The number of hydrogen-bond acceptors (Lipinski definition) is 6. The van der Waals surface area contributed by atoms with Crippen molar-refractivity contribution >= 4 is 29.0 Å². The molecule has 0 amide bonds. The third kappa shape index (κ3) is 4.03. The molecule has 4 rings (SSSR count). The molecular weight excluding hydrogens is 378 g/mol. The van der Waals surface area contributed by atoms with Gasteiger partial charge >= 0.3 is 5.97 Å². The van der Waals surface area contributed by atoms with Crippen LogP contribution in [0, 0.1) is 13.8 Å². The summed E-state index contributed by atoms with van der Waals surface area (Å²) in [5, 5.41) is 10.9. The summed E-state index contributed by atoms with van der Waals surface area (Å²) in [4.78, 5) is 24.7. The fourth-order valence-electron chi connectivity index (χ4n) is 3.24. The van der Waals surface area contributed by atoms with Crippen molar-refractivity contribution in [3.05, 3.63) is 89.1 Å². The highest BCUT2D eigenvalue weighted by atomic mass is 16.5. The van der Waals surface area contributed by atoms with Crippen LogP contribution in [-0.2, 0) is 0 Å². The zero-order chi connectivity index (χ0) is 21.1. The Morgan fingerprint density at radius 2 is 1.77 bits per heavy atom. The first-order valence-electron chi connectivity index (χ1n) is 9.35. The Hall–Kier alpha value is -4.06. The molecule has 2 aromatic carbocycles. The minimum absolute atomic E-state index is 0.274. The maximum Gasteiger partial charge on any atom is 0.343 e. The smallest absolute Gasteiger partial charge is 0.343 e. The van der Waals surface area contributed by atoms with Crippen molar-refractivity contribution in [2.24, 2.45) is 0 Å². The number of carbonyl (C=O) groups excluding carboxylic acids is 1. The largest absolute Gasteiger partial charge is 0.507 e. The SMILES string of the molecule is Cc1cc(C=Cc2cc(C(=O)Oc3cncnc3)cc3ncccc23)cc(C)c1O. The van der Waals surface area contributed by atoms with Gasteiger partial charge in [0.1, 0.15) is 12.1 Å². The molecule has 148 valence electrons. The Kier molecular flexibility index (Phi) is 5.22. The minimum Gasteiger partial charge on any atom is -0.507 e. The second kappa shape index (κ2) is 8.13. The molecule has 2 heterocycles.